The van der Waals surface area contributed by atoms with Crippen LogP contribution >= 0.6 is 0 Å². The highest BCUT2D eigenvalue weighted by Gasteiger charge is 2.30. The Bertz CT molecular complexity index is 667. The molecular weight excluding hydrogens is 300 g/mol. The summed E-state index contributed by atoms with van der Waals surface area (Å²) in [5.74, 6) is 1.79. The van der Waals surface area contributed by atoms with Crippen molar-refractivity contribution in [3.63, 3.8) is 0 Å². The van der Waals surface area contributed by atoms with Crippen LogP contribution in [0.4, 0.5) is 5.69 Å². The number of anilines is 1. The second kappa shape index (κ2) is 7.62. The highest BCUT2D eigenvalue weighted by molar-refractivity contribution is 5.95. The summed E-state index contributed by atoms with van der Waals surface area (Å²) in [6.45, 7) is 2.82. The van der Waals surface area contributed by atoms with Gasteiger partial charge in [-0.05, 0) is 38.1 Å². The van der Waals surface area contributed by atoms with Crippen LogP contribution in [0.3, 0.4) is 0 Å². The first-order valence-electron chi connectivity index (χ1n) is 8.63. The number of nitrogens with zero attached hydrogens (tertiary/aromatic N) is 4. The van der Waals surface area contributed by atoms with Gasteiger partial charge in [0.15, 0.2) is 0 Å². The molecule has 0 spiro atoms. The topological polar surface area (TPSA) is 41.4 Å². The SMILES string of the molecule is CN(CCCc1nccn1C)C[C@@H]1CC(=O)N(c2ccccc2)C1. The molecule has 1 aliphatic heterocycles. The van der Waals surface area contributed by atoms with Gasteiger partial charge in [-0.3, -0.25) is 4.79 Å². The Balaban J connectivity index is 1.44. The summed E-state index contributed by atoms with van der Waals surface area (Å²) in [4.78, 5) is 20.9. The molecule has 5 heteroatoms. The summed E-state index contributed by atoms with van der Waals surface area (Å²) < 4.78 is 2.08. The number of benzene rings is 1. The number of hydrogen-bond donors (Lipinski definition) is 0. The molecule has 0 saturated carbocycles. The van der Waals surface area contributed by atoms with E-state index in [0.717, 1.165) is 44.0 Å². The van der Waals surface area contributed by atoms with Crippen LogP contribution in [-0.2, 0) is 18.3 Å². The van der Waals surface area contributed by atoms with Crippen molar-refractivity contribution < 1.29 is 4.79 Å². The molecule has 2 aromatic rings. The third-order valence-corrected chi connectivity index (χ3v) is 4.70. The predicted octanol–water partition coefficient (Wildman–Crippen LogP) is 2.34. The molecule has 2 heterocycles. The lowest BCUT2D eigenvalue weighted by molar-refractivity contribution is -0.117. The minimum Gasteiger partial charge on any atom is -0.338 e. The third-order valence-electron chi connectivity index (χ3n) is 4.70. The van der Waals surface area contributed by atoms with Gasteiger partial charge in [-0.25, -0.2) is 4.98 Å². The van der Waals surface area contributed by atoms with Crippen molar-refractivity contribution in [1.82, 2.24) is 14.5 Å². The number of aryl methyl sites for hydroxylation is 2. The van der Waals surface area contributed by atoms with Crippen LogP contribution in [0.25, 0.3) is 0 Å². The van der Waals surface area contributed by atoms with E-state index in [1.807, 2.05) is 54.7 Å². The van der Waals surface area contributed by atoms with Gasteiger partial charge in [0.25, 0.3) is 0 Å². The zero-order valence-corrected chi connectivity index (χ0v) is 14.6. The normalized spacial score (nSPS) is 17.9. The van der Waals surface area contributed by atoms with Crippen LogP contribution < -0.4 is 4.90 Å². The second-order valence-electron chi connectivity index (χ2n) is 6.73. The number of para-hydroxylation sites is 1. The standard InChI is InChI=1S/C19H26N4O/c1-21(11-6-9-18-20-10-12-22(18)2)14-16-13-19(24)23(15-16)17-7-4-3-5-8-17/h3-5,7-8,10,12,16H,6,9,11,13-15H2,1-2H3/t16-/m0/s1. The van der Waals surface area contributed by atoms with Crippen molar-refractivity contribution in [2.75, 3.05) is 31.6 Å². The number of hydrogen-bond acceptors (Lipinski definition) is 3. The number of imidazole rings is 1. The first-order valence-corrected chi connectivity index (χ1v) is 8.63. The monoisotopic (exact) mass is 326 g/mol. The van der Waals surface area contributed by atoms with Crippen molar-refractivity contribution in [2.45, 2.75) is 19.3 Å². The molecule has 1 aromatic heterocycles. The molecule has 128 valence electrons. The van der Waals surface area contributed by atoms with E-state index in [-0.39, 0.29) is 5.91 Å². The van der Waals surface area contributed by atoms with Gasteiger partial charge < -0.3 is 14.4 Å². The molecule has 0 aliphatic carbocycles. The zero-order chi connectivity index (χ0) is 16.9. The van der Waals surface area contributed by atoms with Gasteiger partial charge in [-0.2, -0.15) is 0 Å². The van der Waals surface area contributed by atoms with Gasteiger partial charge >= 0.3 is 0 Å². The lowest BCUT2D eigenvalue weighted by atomic mass is 10.1. The summed E-state index contributed by atoms with van der Waals surface area (Å²) in [5.41, 5.74) is 1.02. The van der Waals surface area contributed by atoms with E-state index >= 15 is 0 Å². The maximum atomic E-state index is 12.3. The molecule has 1 amide bonds. The molecule has 3 rings (SSSR count). The third kappa shape index (κ3) is 4.03. The highest BCUT2D eigenvalue weighted by atomic mass is 16.2. The Hall–Kier alpha value is -2.14. The Labute approximate surface area is 143 Å². The average molecular weight is 326 g/mol. The molecule has 1 aliphatic rings. The fraction of sp³-hybridized carbons (Fsp3) is 0.474. The van der Waals surface area contributed by atoms with Crippen LogP contribution in [-0.4, -0.2) is 47.0 Å². The van der Waals surface area contributed by atoms with Gasteiger partial charge in [0.1, 0.15) is 5.82 Å². The number of aromatic nitrogens is 2. The molecule has 0 unspecified atom stereocenters. The lowest BCUT2D eigenvalue weighted by Gasteiger charge is -2.21. The Morgan fingerprint density at radius 3 is 2.79 bits per heavy atom. The van der Waals surface area contributed by atoms with Crippen molar-refractivity contribution in [2.24, 2.45) is 13.0 Å². The molecule has 1 fully saturated rings. The number of amides is 1. The molecule has 24 heavy (non-hydrogen) atoms. The molecule has 1 atom stereocenters. The quantitative estimate of drug-likeness (QED) is 0.784. The molecule has 1 aromatic carbocycles. The van der Waals surface area contributed by atoms with Crippen molar-refractivity contribution in [3.8, 4) is 0 Å². The molecular formula is C19H26N4O. The minimum atomic E-state index is 0.243. The Morgan fingerprint density at radius 1 is 1.29 bits per heavy atom. The summed E-state index contributed by atoms with van der Waals surface area (Å²) in [7, 11) is 4.18. The van der Waals surface area contributed by atoms with E-state index in [1.165, 1.54) is 0 Å². The molecule has 0 N–H and O–H groups in total. The zero-order valence-electron chi connectivity index (χ0n) is 14.6. The molecule has 0 radical (unpaired) electrons. The smallest absolute Gasteiger partial charge is 0.227 e. The van der Waals surface area contributed by atoms with Gasteiger partial charge in [-0.1, -0.05) is 18.2 Å². The van der Waals surface area contributed by atoms with Crippen LogP contribution in [0, 0.1) is 5.92 Å². The van der Waals surface area contributed by atoms with Gasteiger partial charge in [0.2, 0.25) is 5.91 Å². The lowest BCUT2D eigenvalue weighted by Crippen LogP contribution is -2.29. The molecule has 5 nitrogen and oxygen atoms in total. The summed E-state index contributed by atoms with van der Waals surface area (Å²) in [6.07, 6.45) is 6.57. The Kier molecular flexibility index (Phi) is 5.30. The van der Waals surface area contributed by atoms with E-state index in [9.17, 15) is 4.79 Å². The fourth-order valence-corrected chi connectivity index (χ4v) is 3.44. The number of carbonyl (C=O) groups excluding carboxylic acids is 1. The highest BCUT2D eigenvalue weighted by Crippen LogP contribution is 2.25. The predicted molar refractivity (Wildman–Crippen MR) is 95.9 cm³/mol. The molecule has 0 bridgehead atoms. The average Bonchev–Trinajstić information content (AvgIpc) is 3.14. The van der Waals surface area contributed by atoms with Gasteiger partial charge in [0, 0.05) is 51.1 Å². The van der Waals surface area contributed by atoms with E-state index in [1.54, 1.807) is 0 Å². The first-order chi connectivity index (χ1) is 11.6. The maximum Gasteiger partial charge on any atom is 0.227 e. The van der Waals surface area contributed by atoms with E-state index in [4.69, 9.17) is 0 Å². The largest absolute Gasteiger partial charge is 0.338 e. The summed E-state index contributed by atoms with van der Waals surface area (Å²) in [6, 6.07) is 9.98. The molecule has 1 saturated heterocycles. The van der Waals surface area contributed by atoms with Crippen LogP contribution in [0.1, 0.15) is 18.7 Å². The summed E-state index contributed by atoms with van der Waals surface area (Å²) in [5, 5.41) is 0. The van der Waals surface area contributed by atoms with Gasteiger partial charge in [-0.15, -0.1) is 0 Å². The van der Waals surface area contributed by atoms with Crippen LogP contribution in [0.15, 0.2) is 42.7 Å². The van der Waals surface area contributed by atoms with Crippen molar-refractivity contribution in [3.05, 3.63) is 48.5 Å². The fourth-order valence-electron chi connectivity index (χ4n) is 3.44. The number of carbonyl (C=O) groups is 1. The van der Waals surface area contributed by atoms with E-state index < -0.39 is 0 Å². The van der Waals surface area contributed by atoms with Crippen LogP contribution in [0.2, 0.25) is 0 Å². The summed E-state index contributed by atoms with van der Waals surface area (Å²) >= 11 is 0. The van der Waals surface area contributed by atoms with Crippen LogP contribution in [0.5, 0.6) is 0 Å². The minimum absolute atomic E-state index is 0.243. The van der Waals surface area contributed by atoms with Crippen molar-refractivity contribution >= 4 is 11.6 Å². The first kappa shape index (κ1) is 16.7. The maximum absolute atomic E-state index is 12.3. The van der Waals surface area contributed by atoms with E-state index in [2.05, 4.69) is 21.5 Å². The van der Waals surface area contributed by atoms with Gasteiger partial charge in [0.05, 0.1) is 0 Å². The number of rotatable bonds is 7. The van der Waals surface area contributed by atoms with Crippen molar-refractivity contribution in [1.29, 1.82) is 0 Å². The Morgan fingerprint density at radius 2 is 2.08 bits per heavy atom. The van der Waals surface area contributed by atoms with E-state index in [0.29, 0.717) is 12.3 Å². The second-order valence-corrected chi connectivity index (χ2v) is 6.73.